The van der Waals surface area contributed by atoms with E-state index in [0.29, 0.717) is 23.5 Å². The predicted molar refractivity (Wildman–Crippen MR) is 90.8 cm³/mol. The lowest BCUT2D eigenvalue weighted by atomic mass is 9.56. The minimum Gasteiger partial charge on any atom is -0.299 e. The standard InChI is InChI=1S/C21H28O2/c1-2-13-12-21-19(17(13)9-10-22)8-7-18-16-6-4-15(23)11-14(16)3-5-20(18)21/h9-11,13,16,18-21H,2-8,12H2,1H3/t13?,16-,18+,19+,20+,21+/m0/s1. The van der Waals surface area contributed by atoms with Crippen LogP contribution in [0, 0.1) is 35.5 Å². The maximum atomic E-state index is 11.7. The van der Waals surface area contributed by atoms with Crippen molar-refractivity contribution in [1.82, 2.24) is 0 Å². The fourth-order valence-electron chi connectivity index (χ4n) is 6.55. The molecule has 2 heteroatoms. The van der Waals surface area contributed by atoms with Crippen LogP contribution in [0.25, 0.3) is 0 Å². The summed E-state index contributed by atoms with van der Waals surface area (Å²) in [7, 11) is 0. The molecule has 0 heterocycles. The van der Waals surface area contributed by atoms with Crippen LogP contribution >= 0.6 is 0 Å². The Kier molecular flexibility index (Phi) is 4.03. The summed E-state index contributed by atoms with van der Waals surface area (Å²) < 4.78 is 0. The predicted octanol–water partition coefficient (Wildman–Crippen LogP) is 4.50. The van der Waals surface area contributed by atoms with E-state index in [1.54, 1.807) is 0 Å². The number of carbonyl (C=O) groups excluding carboxylic acids is 2. The Hall–Kier alpha value is -1.18. The van der Waals surface area contributed by atoms with Gasteiger partial charge in [0.05, 0.1) is 0 Å². The van der Waals surface area contributed by atoms with Crippen molar-refractivity contribution >= 4 is 12.1 Å². The van der Waals surface area contributed by atoms with Crippen molar-refractivity contribution < 1.29 is 9.59 Å². The van der Waals surface area contributed by atoms with E-state index < -0.39 is 0 Å². The van der Waals surface area contributed by atoms with E-state index in [1.165, 1.54) is 43.3 Å². The van der Waals surface area contributed by atoms with Crippen molar-refractivity contribution in [2.24, 2.45) is 35.5 Å². The second-order valence-electron chi connectivity index (χ2n) is 8.19. The van der Waals surface area contributed by atoms with Crippen LogP contribution < -0.4 is 0 Å². The molecule has 4 rings (SSSR count). The SMILES string of the molecule is CCC1C[C@H]2[C@@H]3CCC4=CC(=O)CC[C@@H]4[C@H]3CC[C@@H]2C1=CC=O. The highest BCUT2D eigenvalue weighted by Crippen LogP contribution is 2.59. The first-order valence-corrected chi connectivity index (χ1v) is 9.61. The molecule has 23 heavy (non-hydrogen) atoms. The molecule has 0 bridgehead atoms. The number of ketones is 1. The zero-order valence-electron chi connectivity index (χ0n) is 14.2. The van der Waals surface area contributed by atoms with Crippen LogP contribution in [-0.2, 0) is 9.59 Å². The van der Waals surface area contributed by atoms with Gasteiger partial charge in [0.15, 0.2) is 5.78 Å². The van der Waals surface area contributed by atoms with Gasteiger partial charge in [0, 0.05) is 6.42 Å². The van der Waals surface area contributed by atoms with Crippen molar-refractivity contribution in [1.29, 1.82) is 0 Å². The van der Waals surface area contributed by atoms with E-state index in [9.17, 15) is 9.59 Å². The Morgan fingerprint density at radius 3 is 2.70 bits per heavy atom. The average Bonchev–Trinajstić information content (AvgIpc) is 2.92. The second kappa shape index (κ2) is 6.03. The van der Waals surface area contributed by atoms with Crippen molar-refractivity contribution in [3.8, 4) is 0 Å². The van der Waals surface area contributed by atoms with Crippen LogP contribution in [0.2, 0.25) is 0 Å². The molecule has 3 saturated carbocycles. The van der Waals surface area contributed by atoms with Crippen LogP contribution in [0.3, 0.4) is 0 Å². The van der Waals surface area contributed by atoms with E-state index >= 15 is 0 Å². The van der Waals surface area contributed by atoms with Gasteiger partial charge in [0.25, 0.3) is 0 Å². The molecule has 6 atom stereocenters. The van der Waals surface area contributed by atoms with Crippen LogP contribution in [0.5, 0.6) is 0 Å². The Labute approximate surface area is 139 Å². The van der Waals surface area contributed by atoms with Crippen LogP contribution in [0.15, 0.2) is 23.3 Å². The Morgan fingerprint density at radius 1 is 1.04 bits per heavy atom. The summed E-state index contributed by atoms with van der Waals surface area (Å²) in [6.45, 7) is 2.27. The van der Waals surface area contributed by atoms with E-state index in [0.717, 1.165) is 43.3 Å². The Morgan fingerprint density at radius 2 is 1.91 bits per heavy atom. The monoisotopic (exact) mass is 312 g/mol. The molecule has 2 nitrogen and oxygen atoms in total. The molecule has 0 aromatic rings. The average molecular weight is 312 g/mol. The van der Waals surface area contributed by atoms with Crippen molar-refractivity contribution in [2.45, 2.75) is 58.3 Å². The summed E-state index contributed by atoms with van der Waals surface area (Å²) in [4.78, 5) is 22.8. The number of allylic oxidation sites excluding steroid dienone is 3. The molecule has 124 valence electrons. The van der Waals surface area contributed by atoms with Gasteiger partial charge >= 0.3 is 0 Å². The zero-order chi connectivity index (χ0) is 16.0. The second-order valence-corrected chi connectivity index (χ2v) is 8.19. The number of aldehydes is 1. The third-order valence-electron chi connectivity index (χ3n) is 7.44. The lowest BCUT2D eigenvalue weighted by Crippen LogP contribution is -2.41. The first kappa shape index (κ1) is 15.4. The summed E-state index contributed by atoms with van der Waals surface area (Å²) >= 11 is 0. The van der Waals surface area contributed by atoms with Crippen molar-refractivity contribution in [3.05, 3.63) is 23.3 Å². The van der Waals surface area contributed by atoms with E-state index in [2.05, 4.69) is 6.92 Å². The fourth-order valence-corrected chi connectivity index (χ4v) is 6.55. The summed E-state index contributed by atoms with van der Waals surface area (Å²) in [5, 5.41) is 0. The quantitative estimate of drug-likeness (QED) is 0.556. The molecule has 0 saturated heterocycles. The van der Waals surface area contributed by atoms with Crippen molar-refractivity contribution in [3.63, 3.8) is 0 Å². The Bertz CT molecular complexity index is 570. The van der Waals surface area contributed by atoms with Gasteiger partial charge in [0.1, 0.15) is 6.29 Å². The molecule has 0 aliphatic heterocycles. The number of hydrogen-bond donors (Lipinski definition) is 0. The van der Waals surface area contributed by atoms with Gasteiger partial charge in [-0.2, -0.15) is 0 Å². The van der Waals surface area contributed by atoms with E-state index in [4.69, 9.17) is 0 Å². The molecule has 1 unspecified atom stereocenters. The van der Waals surface area contributed by atoms with Gasteiger partial charge in [0.2, 0.25) is 0 Å². The fraction of sp³-hybridized carbons (Fsp3) is 0.714. The van der Waals surface area contributed by atoms with Crippen LogP contribution in [0.1, 0.15) is 58.3 Å². The number of carbonyl (C=O) groups is 2. The topological polar surface area (TPSA) is 34.1 Å². The molecular formula is C21H28O2. The number of hydrogen-bond acceptors (Lipinski definition) is 2. The third kappa shape index (κ3) is 2.45. The van der Waals surface area contributed by atoms with Gasteiger partial charge in [-0.15, -0.1) is 0 Å². The molecule has 0 N–H and O–H groups in total. The highest BCUT2D eigenvalue weighted by molar-refractivity contribution is 5.91. The third-order valence-corrected chi connectivity index (χ3v) is 7.44. The first-order valence-electron chi connectivity index (χ1n) is 9.61. The molecule has 0 amide bonds. The van der Waals surface area contributed by atoms with Crippen LogP contribution in [0.4, 0.5) is 0 Å². The number of fused-ring (bicyclic) bond motifs is 5. The minimum atomic E-state index is 0.353. The van der Waals surface area contributed by atoms with E-state index in [-0.39, 0.29) is 0 Å². The van der Waals surface area contributed by atoms with Crippen molar-refractivity contribution in [2.75, 3.05) is 0 Å². The van der Waals surface area contributed by atoms with Gasteiger partial charge < -0.3 is 0 Å². The summed E-state index contributed by atoms with van der Waals surface area (Å²) in [6, 6.07) is 0. The molecule has 0 spiro atoms. The first-order chi connectivity index (χ1) is 11.2. The highest BCUT2D eigenvalue weighted by atomic mass is 16.1. The lowest BCUT2D eigenvalue weighted by molar-refractivity contribution is -0.115. The molecular weight excluding hydrogens is 284 g/mol. The van der Waals surface area contributed by atoms with Gasteiger partial charge in [-0.25, -0.2) is 0 Å². The largest absolute Gasteiger partial charge is 0.299 e. The zero-order valence-corrected chi connectivity index (χ0v) is 14.2. The lowest BCUT2D eigenvalue weighted by Gasteiger charge is -2.49. The Balaban J connectivity index is 1.60. The smallest absolute Gasteiger partial charge is 0.155 e. The summed E-state index contributed by atoms with van der Waals surface area (Å²) in [5.74, 6) is 4.77. The van der Waals surface area contributed by atoms with E-state index in [1.807, 2.05) is 12.2 Å². The summed E-state index contributed by atoms with van der Waals surface area (Å²) in [6.07, 6.45) is 14.2. The molecule has 4 aliphatic carbocycles. The number of rotatable bonds is 2. The molecule has 0 radical (unpaired) electrons. The van der Waals surface area contributed by atoms with Crippen LogP contribution in [-0.4, -0.2) is 12.1 Å². The molecule has 4 aliphatic rings. The molecule has 0 aromatic heterocycles. The summed E-state index contributed by atoms with van der Waals surface area (Å²) in [5.41, 5.74) is 2.93. The molecule has 0 aromatic carbocycles. The minimum absolute atomic E-state index is 0.353. The van der Waals surface area contributed by atoms with Gasteiger partial charge in [-0.05, 0) is 92.6 Å². The maximum Gasteiger partial charge on any atom is 0.155 e. The highest BCUT2D eigenvalue weighted by Gasteiger charge is 2.50. The molecule has 3 fully saturated rings. The maximum absolute atomic E-state index is 11.7. The van der Waals surface area contributed by atoms with Gasteiger partial charge in [-0.1, -0.05) is 18.1 Å². The van der Waals surface area contributed by atoms with Gasteiger partial charge in [-0.3, -0.25) is 9.59 Å². The normalized spacial score (nSPS) is 44.3.